The van der Waals surface area contributed by atoms with E-state index in [4.69, 9.17) is 16.3 Å². The topological polar surface area (TPSA) is 75.7 Å². The van der Waals surface area contributed by atoms with Gasteiger partial charge >= 0.3 is 6.18 Å². The number of imide groups is 1. The summed E-state index contributed by atoms with van der Waals surface area (Å²) < 4.78 is 57.3. The largest absolute Gasteiger partial charge is 0.487 e. The van der Waals surface area contributed by atoms with Crippen LogP contribution in [-0.4, -0.2) is 28.5 Å². The molecule has 1 aliphatic rings. The highest BCUT2D eigenvalue weighted by Gasteiger charge is 2.36. The summed E-state index contributed by atoms with van der Waals surface area (Å²) in [7, 11) is 0. The zero-order valence-corrected chi connectivity index (χ0v) is 20.8. The minimum Gasteiger partial charge on any atom is -0.487 e. The molecule has 1 heterocycles. The van der Waals surface area contributed by atoms with Crippen LogP contribution in [0.25, 0.3) is 6.08 Å². The minimum atomic E-state index is -4.59. The first-order valence-electron chi connectivity index (χ1n) is 10.9. The zero-order chi connectivity index (χ0) is 27.4. The number of carbonyl (C=O) groups excluding carboxylic acids is 3. The van der Waals surface area contributed by atoms with Gasteiger partial charge in [0.05, 0.1) is 15.5 Å². The summed E-state index contributed by atoms with van der Waals surface area (Å²) in [5.41, 5.74) is 0.152. The summed E-state index contributed by atoms with van der Waals surface area (Å²) in [5, 5.41) is 1.80. The SMILES string of the molecule is O=C(CN1C(=O)S/C(=C\c2ccc(OCc3ccc(F)cc3)c(Cl)c2)C1=O)Nc1cccc(C(F)(F)F)c1. The second-order valence-electron chi connectivity index (χ2n) is 8.00. The molecule has 0 atom stereocenters. The van der Waals surface area contributed by atoms with Gasteiger partial charge in [0, 0.05) is 5.69 Å². The van der Waals surface area contributed by atoms with Gasteiger partial charge in [0.1, 0.15) is 24.7 Å². The van der Waals surface area contributed by atoms with Crippen molar-refractivity contribution in [2.75, 3.05) is 11.9 Å². The molecule has 0 bridgehead atoms. The molecule has 1 aliphatic heterocycles. The third-order valence-electron chi connectivity index (χ3n) is 5.21. The van der Waals surface area contributed by atoms with E-state index < -0.39 is 35.3 Å². The van der Waals surface area contributed by atoms with Gasteiger partial charge in [0.15, 0.2) is 0 Å². The lowest BCUT2D eigenvalue weighted by Crippen LogP contribution is -2.36. The lowest BCUT2D eigenvalue weighted by Gasteiger charge is -2.13. The van der Waals surface area contributed by atoms with Crippen LogP contribution in [0.5, 0.6) is 5.75 Å². The van der Waals surface area contributed by atoms with Crippen LogP contribution in [0, 0.1) is 5.82 Å². The molecule has 196 valence electrons. The number of thioether (sulfide) groups is 1. The first kappa shape index (κ1) is 27.2. The number of anilines is 1. The number of ether oxygens (including phenoxy) is 1. The summed E-state index contributed by atoms with van der Waals surface area (Å²) in [5.74, 6) is -1.57. The van der Waals surface area contributed by atoms with E-state index in [9.17, 15) is 31.9 Å². The second-order valence-corrected chi connectivity index (χ2v) is 9.40. The number of nitrogens with one attached hydrogen (secondary N) is 1. The predicted molar refractivity (Wildman–Crippen MR) is 135 cm³/mol. The summed E-state index contributed by atoms with van der Waals surface area (Å²) in [6.07, 6.45) is -3.17. The molecule has 0 saturated carbocycles. The van der Waals surface area contributed by atoms with Gasteiger partial charge in [0.2, 0.25) is 5.91 Å². The van der Waals surface area contributed by atoms with E-state index >= 15 is 0 Å². The molecule has 6 nitrogen and oxygen atoms in total. The van der Waals surface area contributed by atoms with Crippen LogP contribution in [0.3, 0.4) is 0 Å². The molecule has 3 aromatic carbocycles. The maximum atomic E-state index is 13.0. The average Bonchev–Trinajstić information content (AvgIpc) is 3.11. The molecule has 0 spiro atoms. The maximum Gasteiger partial charge on any atom is 0.416 e. The van der Waals surface area contributed by atoms with E-state index in [2.05, 4.69) is 5.32 Å². The molecule has 38 heavy (non-hydrogen) atoms. The van der Waals surface area contributed by atoms with Crippen LogP contribution >= 0.6 is 23.4 Å². The summed E-state index contributed by atoms with van der Waals surface area (Å²) >= 11 is 6.89. The van der Waals surface area contributed by atoms with Gasteiger partial charge in [-0.05, 0) is 71.4 Å². The highest BCUT2D eigenvalue weighted by molar-refractivity contribution is 8.18. The van der Waals surface area contributed by atoms with Crippen molar-refractivity contribution in [3.05, 3.63) is 99.2 Å². The second kappa shape index (κ2) is 11.3. The van der Waals surface area contributed by atoms with E-state index in [1.165, 1.54) is 30.3 Å². The van der Waals surface area contributed by atoms with E-state index in [1.807, 2.05) is 0 Å². The van der Waals surface area contributed by atoms with Gasteiger partial charge in [0.25, 0.3) is 11.1 Å². The Morgan fingerprint density at radius 1 is 1.05 bits per heavy atom. The molecule has 0 aromatic heterocycles. The Hall–Kier alpha value is -3.83. The van der Waals surface area contributed by atoms with E-state index in [1.54, 1.807) is 24.3 Å². The van der Waals surface area contributed by atoms with Crippen molar-refractivity contribution >= 4 is 52.2 Å². The lowest BCUT2D eigenvalue weighted by atomic mass is 10.2. The maximum absolute atomic E-state index is 13.0. The molecule has 0 radical (unpaired) electrons. The van der Waals surface area contributed by atoms with Crippen LogP contribution < -0.4 is 10.1 Å². The number of benzene rings is 3. The van der Waals surface area contributed by atoms with Gasteiger partial charge in [-0.1, -0.05) is 35.9 Å². The van der Waals surface area contributed by atoms with Gasteiger partial charge in [-0.2, -0.15) is 13.2 Å². The molecule has 0 unspecified atom stereocenters. The van der Waals surface area contributed by atoms with Crippen molar-refractivity contribution in [2.45, 2.75) is 12.8 Å². The van der Waals surface area contributed by atoms with Crippen molar-refractivity contribution in [1.82, 2.24) is 4.90 Å². The van der Waals surface area contributed by atoms with Gasteiger partial charge in [-0.3, -0.25) is 19.3 Å². The third kappa shape index (κ3) is 6.73. The van der Waals surface area contributed by atoms with E-state index in [0.29, 0.717) is 28.0 Å². The lowest BCUT2D eigenvalue weighted by molar-refractivity contribution is -0.137. The zero-order valence-electron chi connectivity index (χ0n) is 19.2. The number of alkyl halides is 3. The van der Waals surface area contributed by atoms with Gasteiger partial charge in [-0.25, -0.2) is 4.39 Å². The summed E-state index contributed by atoms with van der Waals surface area (Å²) in [4.78, 5) is 38.1. The molecule has 12 heteroatoms. The number of rotatable bonds is 7. The molecular formula is C26H17ClF4N2O4S. The fraction of sp³-hybridized carbons (Fsp3) is 0.115. The van der Waals surface area contributed by atoms with Crippen molar-refractivity contribution in [2.24, 2.45) is 0 Å². The third-order valence-corrected chi connectivity index (χ3v) is 6.41. The Morgan fingerprint density at radius 3 is 2.47 bits per heavy atom. The van der Waals surface area contributed by atoms with E-state index in [0.717, 1.165) is 23.8 Å². The van der Waals surface area contributed by atoms with Crippen molar-refractivity contribution in [3.63, 3.8) is 0 Å². The molecular weight excluding hydrogens is 548 g/mol. The minimum absolute atomic E-state index is 0.0397. The Morgan fingerprint density at radius 2 is 1.79 bits per heavy atom. The van der Waals surface area contributed by atoms with Crippen LogP contribution in [0.4, 0.5) is 28.0 Å². The standard InChI is InChI=1S/C26H17ClF4N2O4S/c27-20-10-16(6-9-21(20)37-14-15-4-7-18(28)8-5-15)11-22-24(35)33(25(36)38-22)13-23(34)32-19-3-1-2-17(12-19)26(29,30)31/h1-12H,13-14H2,(H,32,34)/b22-11-. The average molecular weight is 565 g/mol. The van der Waals surface area contributed by atoms with Crippen molar-refractivity contribution < 1.29 is 36.7 Å². The fourth-order valence-corrected chi connectivity index (χ4v) is 4.45. The van der Waals surface area contributed by atoms with Crippen molar-refractivity contribution in [1.29, 1.82) is 0 Å². The molecule has 4 rings (SSSR count). The monoisotopic (exact) mass is 564 g/mol. The van der Waals surface area contributed by atoms with Gasteiger partial charge < -0.3 is 10.1 Å². The number of carbonyl (C=O) groups is 3. The smallest absolute Gasteiger partial charge is 0.416 e. The number of hydrogen-bond donors (Lipinski definition) is 1. The Labute approximate surface area is 223 Å². The normalized spacial score (nSPS) is 14.8. The highest BCUT2D eigenvalue weighted by Crippen LogP contribution is 2.34. The molecule has 1 N–H and O–H groups in total. The number of nitrogens with zero attached hydrogens (tertiary/aromatic N) is 1. The molecule has 1 fully saturated rings. The number of amides is 3. The molecule has 3 amide bonds. The van der Waals surface area contributed by atoms with E-state index in [-0.39, 0.29) is 28.0 Å². The molecule has 3 aromatic rings. The Balaban J connectivity index is 1.39. The van der Waals surface area contributed by atoms with Crippen LogP contribution in [0.1, 0.15) is 16.7 Å². The quantitative estimate of drug-likeness (QED) is 0.254. The van der Waals surface area contributed by atoms with Gasteiger partial charge in [-0.15, -0.1) is 0 Å². The fourth-order valence-electron chi connectivity index (χ4n) is 3.37. The Bertz CT molecular complexity index is 1430. The first-order chi connectivity index (χ1) is 18.0. The Kier molecular flexibility index (Phi) is 8.08. The number of hydrogen-bond acceptors (Lipinski definition) is 5. The van der Waals surface area contributed by atoms with Crippen LogP contribution in [-0.2, 0) is 22.4 Å². The molecule has 0 aliphatic carbocycles. The highest BCUT2D eigenvalue weighted by atomic mass is 35.5. The van der Waals surface area contributed by atoms with Crippen LogP contribution in [0.15, 0.2) is 71.6 Å². The summed E-state index contributed by atoms with van der Waals surface area (Å²) in [6.45, 7) is -0.518. The summed E-state index contributed by atoms with van der Waals surface area (Å²) in [6, 6.07) is 14.5. The van der Waals surface area contributed by atoms with Crippen molar-refractivity contribution in [3.8, 4) is 5.75 Å². The predicted octanol–water partition coefficient (Wildman–Crippen LogP) is 6.75. The van der Waals surface area contributed by atoms with Crippen LogP contribution in [0.2, 0.25) is 5.02 Å². The number of halogens is 5. The molecule has 1 saturated heterocycles. The first-order valence-corrected chi connectivity index (χ1v) is 12.1.